The number of carbonyl (C=O) groups excluding carboxylic acids is 1. The molecule has 0 bridgehead atoms. The number of hydrogen-bond donors (Lipinski definition) is 4. The van der Waals surface area contributed by atoms with Crippen LogP contribution in [0.3, 0.4) is 0 Å². The highest BCUT2D eigenvalue weighted by molar-refractivity contribution is 5.83. The molecule has 0 radical (unpaired) electrons. The zero-order valence-corrected chi connectivity index (χ0v) is 10.4. The van der Waals surface area contributed by atoms with Crippen molar-refractivity contribution < 1.29 is 24.6 Å². The topological polar surface area (TPSA) is 116 Å². The fraction of sp³-hybridized carbons (Fsp3) is 0.545. The highest BCUT2D eigenvalue weighted by atomic mass is 16.4. The number of hydrogen-bond acceptors (Lipinski definition) is 3. The average Bonchev–Trinajstić information content (AvgIpc) is 2.22. The van der Waals surface area contributed by atoms with E-state index in [1.165, 1.54) is 0 Å². The van der Waals surface area contributed by atoms with Gasteiger partial charge >= 0.3 is 18.0 Å². The summed E-state index contributed by atoms with van der Waals surface area (Å²) in [7, 11) is 0. The number of urea groups is 1. The quantitative estimate of drug-likeness (QED) is 0.498. The van der Waals surface area contributed by atoms with Crippen molar-refractivity contribution >= 4 is 18.0 Å². The van der Waals surface area contributed by atoms with Gasteiger partial charge in [-0.05, 0) is 20.3 Å². The number of carboxylic acids is 2. The van der Waals surface area contributed by atoms with Gasteiger partial charge in [-0.15, -0.1) is 0 Å². The molecule has 0 aliphatic carbocycles. The lowest BCUT2D eigenvalue weighted by Crippen LogP contribution is -2.46. The third-order valence-corrected chi connectivity index (χ3v) is 2.02. The molecule has 102 valence electrons. The average molecular weight is 258 g/mol. The van der Waals surface area contributed by atoms with E-state index >= 15 is 0 Å². The van der Waals surface area contributed by atoms with E-state index in [0.717, 1.165) is 5.57 Å². The molecule has 0 spiro atoms. The molecule has 4 N–H and O–H groups in total. The number of nitrogens with one attached hydrogen (secondary N) is 2. The first kappa shape index (κ1) is 16.0. The van der Waals surface area contributed by atoms with Gasteiger partial charge in [-0.1, -0.05) is 11.6 Å². The zero-order valence-electron chi connectivity index (χ0n) is 10.4. The van der Waals surface area contributed by atoms with E-state index in [-0.39, 0.29) is 12.8 Å². The van der Waals surface area contributed by atoms with Gasteiger partial charge in [0.2, 0.25) is 0 Å². The Bertz CT molecular complexity index is 347. The van der Waals surface area contributed by atoms with Crippen molar-refractivity contribution in [3.8, 4) is 0 Å². The van der Waals surface area contributed by atoms with Gasteiger partial charge in [0, 0.05) is 13.0 Å². The van der Waals surface area contributed by atoms with Gasteiger partial charge in [-0.25, -0.2) is 9.59 Å². The number of rotatable bonds is 7. The van der Waals surface area contributed by atoms with Gasteiger partial charge in [0.1, 0.15) is 6.04 Å². The fourth-order valence-electron chi connectivity index (χ4n) is 1.08. The summed E-state index contributed by atoms with van der Waals surface area (Å²) in [6.07, 6.45) is 1.30. The standard InChI is InChI=1S/C11H18N2O5/c1-7(2)5-6-12-11(18)13-8(10(16)17)3-4-9(14)15/h5,8H,3-4,6H2,1-2H3,(H,14,15)(H,16,17)(H2,12,13,18). The molecule has 7 heteroatoms. The van der Waals surface area contributed by atoms with Crippen LogP contribution < -0.4 is 10.6 Å². The molecule has 0 aromatic heterocycles. The Hall–Kier alpha value is -2.05. The van der Waals surface area contributed by atoms with Crippen LogP contribution >= 0.6 is 0 Å². The summed E-state index contributed by atoms with van der Waals surface area (Å²) in [5.41, 5.74) is 1.02. The Kier molecular flexibility index (Phi) is 7.18. The normalized spacial score (nSPS) is 11.2. The maximum Gasteiger partial charge on any atom is 0.326 e. The Balaban J connectivity index is 4.15. The predicted octanol–water partition coefficient (Wildman–Crippen LogP) is 0.570. The van der Waals surface area contributed by atoms with Gasteiger partial charge in [-0.3, -0.25) is 4.79 Å². The fourth-order valence-corrected chi connectivity index (χ4v) is 1.08. The molecule has 0 aromatic rings. The second kappa shape index (κ2) is 8.10. The lowest BCUT2D eigenvalue weighted by Gasteiger charge is -2.13. The SMILES string of the molecule is CC(C)=CCNC(=O)NC(CCC(=O)O)C(=O)O. The summed E-state index contributed by atoms with van der Waals surface area (Å²) in [4.78, 5) is 32.4. The van der Waals surface area contributed by atoms with Crippen LogP contribution in [0.25, 0.3) is 0 Å². The van der Waals surface area contributed by atoms with Crippen molar-refractivity contribution in [1.29, 1.82) is 0 Å². The van der Waals surface area contributed by atoms with E-state index in [0.29, 0.717) is 6.54 Å². The van der Waals surface area contributed by atoms with Gasteiger partial charge < -0.3 is 20.8 Å². The Labute approximate surface area is 105 Å². The monoisotopic (exact) mass is 258 g/mol. The number of allylic oxidation sites excluding steroid dienone is 1. The maximum atomic E-state index is 11.3. The second-order valence-corrected chi connectivity index (χ2v) is 3.96. The minimum absolute atomic E-state index is 0.152. The number of aliphatic carboxylic acids is 2. The summed E-state index contributed by atoms with van der Waals surface area (Å²) >= 11 is 0. The van der Waals surface area contributed by atoms with Gasteiger partial charge in [0.25, 0.3) is 0 Å². The Morgan fingerprint density at radius 3 is 2.28 bits per heavy atom. The lowest BCUT2D eigenvalue weighted by molar-refractivity contribution is -0.140. The highest BCUT2D eigenvalue weighted by Crippen LogP contribution is 1.98. The molecule has 0 fully saturated rings. The van der Waals surface area contributed by atoms with Crippen LogP contribution in [0.5, 0.6) is 0 Å². The molecule has 0 saturated carbocycles. The van der Waals surface area contributed by atoms with Crippen molar-refractivity contribution in [3.05, 3.63) is 11.6 Å². The maximum absolute atomic E-state index is 11.3. The molecule has 0 aliphatic heterocycles. The predicted molar refractivity (Wildman–Crippen MR) is 64.3 cm³/mol. The van der Waals surface area contributed by atoms with Crippen molar-refractivity contribution in [2.24, 2.45) is 0 Å². The second-order valence-electron chi connectivity index (χ2n) is 3.96. The van der Waals surface area contributed by atoms with E-state index in [4.69, 9.17) is 10.2 Å². The molecule has 0 aromatic carbocycles. The van der Waals surface area contributed by atoms with E-state index in [1.807, 2.05) is 13.8 Å². The molecule has 1 unspecified atom stereocenters. The van der Waals surface area contributed by atoms with Crippen molar-refractivity contribution in [1.82, 2.24) is 10.6 Å². The van der Waals surface area contributed by atoms with Crippen LogP contribution in [-0.2, 0) is 9.59 Å². The molecule has 7 nitrogen and oxygen atoms in total. The number of carbonyl (C=O) groups is 3. The van der Waals surface area contributed by atoms with Gasteiger partial charge in [0.15, 0.2) is 0 Å². The molecule has 0 saturated heterocycles. The van der Waals surface area contributed by atoms with E-state index in [9.17, 15) is 14.4 Å². The first-order chi connectivity index (χ1) is 8.32. The molecule has 2 amide bonds. The minimum Gasteiger partial charge on any atom is -0.481 e. The van der Waals surface area contributed by atoms with Crippen LogP contribution in [0.15, 0.2) is 11.6 Å². The summed E-state index contributed by atoms with van der Waals surface area (Å²) < 4.78 is 0. The van der Waals surface area contributed by atoms with Gasteiger partial charge in [0.05, 0.1) is 0 Å². The molecular formula is C11H18N2O5. The largest absolute Gasteiger partial charge is 0.481 e. The van der Waals surface area contributed by atoms with Crippen LogP contribution in [0.4, 0.5) is 4.79 Å². The van der Waals surface area contributed by atoms with E-state index in [1.54, 1.807) is 6.08 Å². The smallest absolute Gasteiger partial charge is 0.326 e. The van der Waals surface area contributed by atoms with Crippen LogP contribution in [0.2, 0.25) is 0 Å². The summed E-state index contributed by atoms with van der Waals surface area (Å²) in [5.74, 6) is -2.36. The van der Waals surface area contributed by atoms with Gasteiger partial charge in [-0.2, -0.15) is 0 Å². The summed E-state index contributed by atoms with van der Waals surface area (Å²) in [6, 6.07) is -1.84. The van der Waals surface area contributed by atoms with Crippen molar-refractivity contribution in [2.75, 3.05) is 6.54 Å². The molecule has 0 heterocycles. The number of carboxylic acid groups (broad SMARTS) is 2. The molecule has 0 aliphatic rings. The Morgan fingerprint density at radius 1 is 1.22 bits per heavy atom. The third-order valence-electron chi connectivity index (χ3n) is 2.02. The zero-order chi connectivity index (χ0) is 14.1. The van der Waals surface area contributed by atoms with Crippen LogP contribution in [0.1, 0.15) is 26.7 Å². The first-order valence-corrected chi connectivity index (χ1v) is 5.45. The van der Waals surface area contributed by atoms with Crippen LogP contribution in [-0.4, -0.2) is 40.8 Å². The highest BCUT2D eigenvalue weighted by Gasteiger charge is 2.20. The lowest BCUT2D eigenvalue weighted by atomic mass is 10.1. The first-order valence-electron chi connectivity index (χ1n) is 5.45. The molecule has 1 atom stereocenters. The van der Waals surface area contributed by atoms with Crippen molar-refractivity contribution in [2.45, 2.75) is 32.7 Å². The van der Waals surface area contributed by atoms with E-state index in [2.05, 4.69) is 10.6 Å². The minimum atomic E-state index is -1.26. The summed E-state index contributed by atoms with van der Waals surface area (Å²) in [5, 5.41) is 21.9. The van der Waals surface area contributed by atoms with Crippen LogP contribution in [0, 0.1) is 0 Å². The Morgan fingerprint density at radius 2 is 1.83 bits per heavy atom. The number of amides is 2. The summed E-state index contributed by atoms with van der Waals surface area (Å²) in [6.45, 7) is 4.03. The third kappa shape index (κ3) is 8.14. The van der Waals surface area contributed by atoms with Crippen molar-refractivity contribution in [3.63, 3.8) is 0 Å². The van der Waals surface area contributed by atoms with E-state index < -0.39 is 24.0 Å². The molecule has 0 rings (SSSR count). The molecule has 18 heavy (non-hydrogen) atoms. The molecular weight excluding hydrogens is 240 g/mol.